The zero-order valence-corrected chi connectivity index (χ0v) is 18.5. The van der Waals surface area contributed by atoms with Crippen LogP contribution in [-0.4, -0.2) is 38.6 Å². The van der Waals surface area contributed by atoms with E-state index in [2.05, 4.69) is 15.6 Å². The lowest BCUT2D eigenvalue weighted by atomic mass is 10.0. The summed E-state index contributed by atoms with van der Waals surface area (Å²) in [4.78, 5) is 31.8. The molecule has 2 amide bonds. The molecule has 2 aromatic rings. The molecule has 2 N–H and O–H groups in total. The highest BCUT2D eigenvalue weighted by atomic mass is 32.2. The first-order chi connectivity index (χ1) is 13.8. The van der Waals surface area contributed by atoms with Crippen molar-refractivity contribution >= 4 is 23.6 Å². The number of carbonyl (C=O) groups excluding carboxylic acids is 2. The third kappa shape index (κ3) is 4.50. The lowest BCUT2D eigenvalue weighted by molar-refractivity contribution is -0.130. The van der Waals surface area contributed by atoms with Crippen LogP contribution in [0.2, 0.25) is 0 Å². The molecule has 6 nitrogen and oxygen atoms in total. The van der Waals surface area contributed by atoms with E-state index in [4.69, 9.17) is 5.73 Å². The number of amides is 2. The van der Waals surface area contributed by atoms with Crippen molar-refractivity contribution in [2.24, 2.45) is 12.8 Å². The van der Waals surface area contributed by atoms with Crippen LogP contribution in [0.3, 0.4) is 0 Å². The Kier molecular flexibility index (Phi) is 6.67. The summed E-state index contributed by atoms with van der Waals surface area (Å²) in [6, 6.07) is 4.22. The summed E-state index contributed by atoms with van der Waals surface area (Å²) in [6.45, 7) is 6.50. The van der Waals surface area contributed by atoms with Gasteiger partial charge in [0.15, 0.2) is 0 Å². The van der Waals surface area contributed by atoms with Crippen molar-refractivity contribution in [1.29, 1.82) is 0 Å². The van der Waals surface area contributed by atoms with Gasteiger partial charge in [-0.15, -0.1) is 0 Å². The van der Waals surface area contributed by atoms with Crippen LogP contribution in [0.15, 0.2) is 23.4 Å². The molecule has 1 aliphatic heterocycles. The van der Waals surface area contributed by atoms with Crippen LogP contribution in [0, 0.1) is 20.8 Å². The topological polar surface area (TPSA) is 81.2 Å². The van der Waals surface area contributed by atoms with Gasteiger partial charge in [-0.3, -0.25) is 9.59 Å². The number of primary amides is 1. The first kappa shape index (κ1) is 21.4. The van der Waals surface area contributed by atoms with Gasteiger partial charge in [-0.05, 0) is 56.9 Å². The number of carbonyl (C=O) groups is 2. The van der Waals surface area contributed by atoms with E-state index in [0.29, 0.717) is 10.6 Å². The van der Waals surface area contributed by atoms with Gasteiger partial charge in [0.25, 0.3) is 5.91 Å². The fourth-order valence-corrected chi connectivity index (χ4v) is 5.08. The van der Waals surface area contributed by atoms with Crippen molar-refractivity contribution in [2.75, 3.05) is 12.3 Å². The van der Waals surface area contributed by atoms with E-state index in [0.717, 1.165) is 49.0 Å². The first-order valence-electron chi connectivity index (χ1n) is 10.1. The van der Waals surface area contributed by atoms with E-state index >= 15 is 0 Å². The van der Waals surface area contributed by atoms with Gasteiger partial charge in [0.2, 0.25) is 5.91 Å². The summed E-state index contributed by atoms with van der Waals surface area (Å²) in [7, 11) is 2.03. The number of hydrogen-bond donors (Lipinski definition) is 1. The second-order valence-corrected chi connectivity index (χ2v) is 8.74. The molecule has 1 fully saturated rings. The Bertz CT molecular complexity index is 922. The van der Waals surface area contributed by atoms with Crippen LogP contribution >= 0.6 is 11.8 Å². The van der Waals surface area contributed by atoms with Gasteiger partial charge >= 0.3 is 0 Å². The molecule has 156 valence electrons. The minimum Gasteiger partial charge on any atom is -0.366 e. The smallest absolute Gasteiger partial charge is 0.251 e. The van der Waals surface area contributed by atoms with Crippen LogP contribution < -0.4 is 5.73 Å². The zero-order chi connectivity index (χ0) is 21.1. The average molecular weight is 415 g/mol. The molecule has 0 aliphatic carbocycles. The molecule has 3 rings (SSSR count). The van der Waals surface area contributed by atoms with Crippen molar-refractivity contribution in [3.05, 3.63) is 46.4 Å². The highest BCUT2D eigenvalue weighted by Crippen LogP contribution is 2.32. The number of aryl methyl sites for hydroxylation is 2. The van der Waals surface area contributed by atoms with Crippen LogP contribution in [0.25, 0.3) is 0 Å². The second-order valence-electron chi connectivity index (χ2n) is 7.78. The second kappa shape index (κ2) is 9.03. The van der Waals surface area contributed by atoms with Gasteiger partial charge in [0.1, 0.15) is 5.03 Å². The van der Waals surface area contributed by atoms with E-state index < -0.39 is 5.91 Å². The lowest BCUT2D eigenvalue weighted by Crippen LogP contribution is -2.36. The van der Waals surface area contributed by atoms with Crippen LogP contribution in [0.4, 0.5) is 0 Å². The van der Waals surface area contributed by atoms with Crippen molar-refractivity contribution in [2.45, 2.75) is 57.5 Å². The number of nitrogens with zero attached hydrogens (tertiary/aromatic N) is 3. The highest BCUT2D eigenvalue weighted by Gasteiger charge is 2.28. The maximum atomic E-state index is 13.2. The molecule has 0 bridgehead atoms. The van der Waals surface area contributed by atoms with Crippen molar-refractivity contribution in [3.63, 3.8) is 0 Å². The third-order valence-electron chi connectivity index (χ3n) is 5.94. The minimum atomic E-state index is -0.496. The van der Waals surface area contributed by atoms with E-state index in [1.807, 2.05) is 45.0 Å². The molecule has 0 saturated carbocycles. The zero-order valence-electron chi connectivity index (χ0n) is 17.7. The molecule has 29 heavy (non-hydrogen) atoms. The Labute approximate surface area is 176 Å². The molecule has 3 heterocycles. The van der Waals surface area contributed by atoms with Gasteiger partial charge in [-0.2, -0.15) is 0 Å². The number of nitrogens with two attached hydrogens (primary N) is 1. The van der Waals surface area contributed by atoms with Crippen molar-refractivity contribution in [1.82, 2.24) is 14.5 Å². The van der Waals surface area contributed by atoms with Gasteiger partial charge in [-0.25, -0.2) is 4.98 Å². The number of aromatic nitrogens is 2. The number of hydrogen-bond acceptors (Lipinski definition) is 4. The Balaban J connectivity index is 1.82. The third-order valence-corrected chi connectivity index (χ3v) is 6.90. The molecular weight excluding hydrogens is 384 g/mol. The Morgan fingerprint density at radius 1 is 1.21 bits per heavy atom. The number of pyridine rings is 1. The summed E-state index contributed by atoms with van der Waals surface area (Å²) in [6.07, 6.45) is 6.28. The molecule has 2 aromatic heterocycles. The highest BCUT2D eigenvalue weighted by molar-refractivity contribution is 8.00. The van der Waals surface area contributed by atoms with Gasteiger partial charge in [0, 0.05) is 31.2 Å². The molecule has 0 aromatic carbocycles. The molecule has 7 heteroatoms. The monoisotopic (exact) mass is 414 g/mol. The molecule has 0 unspecified atom stereocenters. The first-order valence-corrected chi connectivity index (χ1v) is 11.1. The number of thioether (sulfide) groups is 1. The summed E-state index contributed by atoms with van der Waals surface area (Å²) in [5.74, 6) is -0.170. The summed E-state index contributed by atoms with van der Waals surface area (Å²) >= 11 is 1.31. The van der Waals surface area contributed by atoms with Crippen LogP contribution in [0.5, 0.6) is 0 Å². The maximum Gasteiger partial charge on any atom is 0.251 e. The van der Waals surface area contributed by atoms with Crippen molar-refractivity contribution < 1.29 is 9.59 Å². The van der Waals surface area contributed by atoms with E-state index in [9.17, 15) is 9.59 Å². The predicted octanol–water partition coefficient (Wildman–Crippen LogP) is 3.68. The predicted molar refractivity (Wildman–Crippen MR) is 116 cm³/mol. The minimum absolute atomic E-state index is 0.0798. The van der Waals surface area contributed by atoms with Crippen molar-refractivity contribution in [3.8, 4) is 0 Å². The van der Waals surface area contributed by atoms with Gasteiger partial charge in [-0.1, -0.05) is 24.6 Å². The van der Waals surface area contributed by atoms with Crippen LogP contribution in [-0.2, 0) is 11.8 Å². The summed E-state index contributed by atoms with van der Waals surface area (Å²) in [5.41, 5.74) is 9.89. The Hall–Kier alpha value is -2.28. The lowest BCUT2D eigenvalue weighted by Gasteiger charge is -2.30. The molecular formula is C22H30N4O2S. The normalized spacial score (nSPS) is 17.2. The number of likely N-dealkylation sites (tertiary alicyclic amines) is 1. The van der Waals surface area contributed by atoms with Gasteiger partial charge in [0.05, 0.1) is 17.4 Å². The SMILES string of the molecule is Cc1nc(SCC(=O)N2CCCCC[C@@H]2c2cccn2C)c(C(N)=O)c(C)c1C. The molecule has 1 atom stereocenters. The quantitative estimate of drug-likeness (QED) is 0.757. The summed E-state index contributed by atoms with van der Waals surface area (Å²) < 4.78 is 2.10. The Morgan fingerprint density at radius 3 is 2.62 bits per heavy atom. The molecule has 1 saturated heterocycles. The van der Waals surface area contributed by atoms with E-state index in [-0.39, 0.29) is 17.7 Å². The van der Waals surface area contributed by atoms with Crippen LogP contribution in [0.1, 0.15) is 64.6 Å². The molecule has 0 radical (unpaired) electrons. The molecule has 1 aliphatic rings. The fraction of sp³-hybridized carbons (Fsp3) is 0.500. The molecule has 0 spiro atoms. The fourth-order valence-electron chi connectivity index (χ4n) is 4.05. The standard InChI is InChI=1S/C22H30N4O2S/c1-14-15(2)20(21(23)28)22(24-16(14)3)29-13-19(27)26-12-7-5-6-9-18(26)17-10-8-11-25(17)4/h8,10-11,18H,5-7,9,12-13H2,1-4H3,(H2,23,28)/t18-/m1/s1. The van der Waals surface area contributed by atoms with Gasteiger partial charge < -0.3 is 15.2 Å². The summed E-state index contributed by atoms with van der Waals surface area (Å²) in [5, 5.41) is 0.552. The largest absolute Gasteiger partial charge is 0.366 e. The Morgan fingerprint density at radius 2 is 1.97 bits per heavy atom. The maximum absolute atomic E-state index is 13.2. The number of rotatable bonds is 5. The van der Waals surface area contributed by atoms with E-state index in [1.165, 1.54) is 17.5 Å². The average Bonchev–Trinajstić information content (AvgIpc) is 2.95. The van der Waals surface area contributed by atoms with E-state index in [1.54, 1.807) is 0 Å².